The van der Waals surface area contributed by atoms with Gasteiger partial charge in [0.2, 0.25) is 11.8 Å². The lowest BCUT2D eigenvalue weighted by Gasteiger charge is -2.50. The van der Waals surface area contributed by atoms with Crippen molar-refractivity contribution in [3.8, 4) is 0 Å². The van der Waals surface area contributed by atoms with Gasteiger partial charge in [0.25, 0.3) is 0 Å². The highest BCUT2D eigenvalue weighted by molar-refractivity contribution is 6.06. The highest BCUT2D eigenvalue weighted by atomic mass is 19.1. The second-order valence-corrected chi connectivity index (χ2v) is 12.2. The zero-order chi connectivity index (χ0) is 28.7. The van der Waals surface area contributed by atoms with Gasteiger partial charge < -0.3 is 15.5 Å². The van der Waals surface area contributed by atoms with Gasteiger partial charge in [0.1, 0.15) is 17.5 Å². The normalized spacial score (nSPS) is 24.6. The minimum absolute atomic E-state index is 0.0342. The van der Waals surface area contributed by atoms with Crippen LogP contribution in [0, 0.1) is 11.6 Å². The maximum absolute atomic E-state index is 14.3. The van der Waals surface area contributed by atoms with E-state index >= 15 is 0 Å². The average molecular weight is 554 g/mol. The number of hydrogen-bond donors (Lipinski definition) is 2. The number of anilines is 1. The standard InChI is InChI=1S/C32H29F2N5O2/c1-30(2)29(41)39(31(3,17-36-30)21-11-22(33)13-23(34)12-21)16-24-7-6-18-9-19-14-32(15-20(19)10-26(18)37-24)25-5-4-8-35-27(25)38-28(32)40/h4-13,36H,14-17H2,1-3H3,(H,35,38,40)/t31-,32-/m0/s1. The van der Waals surface area contributed by atoms with Crippen molar-refractivity contribution < 1.29 is 18.4 Å². The van der Waals surface area contributed by atoms with E-state index in [4.69, 9.17) is 4.98 Å². The van der Waals surface area contributed by atoms with E-state index in [1.165, 1.54) is 12.1 Å². The molecule has 208 valence electrons. The molecule has 2 amide bonds. The average Bonchev–Trinajstić information content (AvgIpc) is 3.43. The van der Waals surface area contributed by atoms with Gasteiger partial charge in [-0.3, -0.25) is 14.6 Å². The fourth-order valence-corrected chi connectivity index (χ4v) is 6.68. The van der Waals surface area contributed by atoms with Crippen LogP contribution in [0.4, 0.5) is 14.6 Å². The van der Waals surface area contributed by atoms with Crippen molar-refractivity contribution in [1.82, 2.24) is 20.2 Å². The molecular formula is C32H29F2N5O2. The lowest BCUT2D eigenvalue weighted by molar-refractivity contribution is -0.150. The Kier molecular flexibility index (Phi) is 5.41. The number of halogens is 2. The van der Waals surface area contributed by atoms with Crippen LogP contribution in [0.15, 0.2) is 60.8 Å². The summed E-state index contributed by atoms with van der Waals surface area (Å²) in [6.45, 7) is 5.89. The number of piperazine rings is 1. The molecule has 0 unspecified atom stereocenters. The molecular weight excluding hydrogens is 524 g/mol. The van der Waals surface area contributed by atoms with E-state index in [2.05, 4.69) is 21.7 Å². The van der Waals surface area contributed by atoms with Gasteiger partial charge in [-0.15, -0.1) is 0 Å². The third-order valence-corrected chi connectivity index (χ3v) is 9.10. The molecule has 3 aliphatic rings. The van der Waals surface area contributed by atoms with Gasteiger partial charge >= 0.3 is 0 Å². The summed E-state index contributed by atoms with van der Waals surface area (Å²) in [6.07, 6.45) is 2.83. The molecule has 1 fully saturated rings. The van der Waals surface area contributed by atoms with Crippen LogP contribution in [0.2, 0.25) is 0 Å². The van der Waals surface area contributed by atoms with Crippen molar-refractivity contribution in [3.63, 3.8) is 0 Å². The summed E-state index contributed by atoms with van der Waals surface area (Å²) < 4.78 is 28.5. The van der Waals surface area contributed by atoms with Crippen molar-refractivity contribution in [3.05, 3.63) is 100 Å². The van der Waals surface area contributed by atoms with Crippen molar-refractivity contribution in [2.75, 3.05) is 11.9 Å². The van der Waals surface area contributed by atoms with Gasteiger partial charge in [-0.1, -0.05) is 12.1 Å². The number of carbonyl (C=O) groups excluding carboxylic acids is 2. The second kappa shape index (κ2) is 8.63. The molecule has 7 nitrogen and oxygen atoms in total. The van der Waals surface area contributed by atoms with E-state index in [0.717, 1.165) is 33.7 Å². The van der Waals surface area contributed by atoms with Crippen LogP contribution in [-0.4, -0.2) is 38.8 Å². The maximum atomic E-state index is 14.3. The smallest absolute Gasteiger partial charge is 0.243 e. The summed E-state index contributed by atoms with van der Waals surface area (Å²) in [5.74, 6) is -0.979. The first kappa shape index (κ1) is 25.7. The Labute approximate surface area is 236 Å². The van der Waals surface area contributed by atoms with E-state index in [1.54, 1.807) is 24.9 Å². The monoisotopic (exact) mass is 553 g/mol. The fourth-order valence-electron chi connectivity index (χ4n) is 6.68. The van der Waals surface area contributed by atoms with E-state index in [-0.39, 0.29) is 18.4 Å². The second-order valence-electron chi connectivity index (χ2n) is 12.2. The first-order chi connectivity index (χ1) is 19.5. The first-order valence-electron chi connectivity index (χ1n) is 13.7. The summed E-state index contributed by atoms with van der Waals surface area (Å²) in [5, 5.41) is 7.14. The molecule has 2 atom stereocenters. The van der Waals surface area contributed by atoms with Crippen molar-refractivity contribution in [1.29, 1.82) is 0 Å². The number of carbonyl (C=O) groups is 2. The number of rotatable bonds is 3. The molecule has 4 heterocycles. The topological polar surface area (TPSA) is 87.2 Å². The van der Waals surface area contributed by atoms with Crippen LogP contribution in [0.25, 0.3) is 10.9 Å². The number of aromatic nitrogens is 2. The van der Waals surface area contributed by atoms with Crippen LogP contribution >= 0.6 is 0 Å². The lowest BCUT2D eigenvalue weighted by Crippen LogP contribution is -2.68. The molecule has 1 saturated heterocycles. The summed E-state index contributed by atoms with van der Waals surface area (Å²) in [4.78, 5) is 37.8. The number of nitrogens with zero attached hydrogens (tertiary/aromatic N) is 3. The van der Waals surface area contributed by atoms with Crippen molar-refractivity contribution in [2.24, 2.45) is 0 Å². The molecule has 2 aromatic carbocycles. The molecule has 9 heteroatoms. The summed E-state index contributed by atoms with van der Waals surface area (Å²) in [6, 6.07) is 15.2. The van der Waals surface area contributed by atoms with Gasteiger partial charge in [0, 0.05) is 29.8 Å². The van der Waals surface area contributed by atoms with Crippen LogP contribution < -0.4 is 10.6 Å². The minimum Gasteiger partial charge on any atom is -0.324 e. The van der Waals surface area contributed by atoms with Crippen molar-refractivity contribution >= 4 is 28.5 Å². The quantitative estimate of drug-likeness (QED) is 0.390. The van der Waals surface area contributed by atoms with Crippen LogP contribution in [0.3, 0.4) is 0 Å². The third kappa shape index (κ3) is 3.86. The van der Waals surface area contributed by atoms with Crippen LogP contribution in [0.1, 0.15) is 48.7 Å². The number of fused-ring (bicyclic) bond motifs is 4. The maximum Gasteiger partial charge on any atom is 0.243 e. The number of hydrogen-bond acceptors (Lipinski definition) is 5. The Morgan fingerprint density at radius 3 is 2.44 bits per heavy atom. The highest BCUT2D eigenvalue weighted by Gasteiger charge is 2.51. The first-order valence-corrected chi connectivity index (χ1v) is 13.7. The SMILES string of the molecule is CC1(C)NC[C@@](C)(c2cc(F)cc(F)c2)N(Cc2ccc3cc4c(cc3n2)C[C@]2(C4)C(=O)Nc3ncccc32)C1=O. The Morgan fingerprint density at radius 2 is 1.68 bits per heavy atom. The van der Waals surface area contributed by atoms with Gasteiger partial charge in [0.05, 0.1) is 34.2 Å². The fraction of sp³-hybridized carbons (Fsp3) is 0.312. The van der Waals surface area contributed by atoms with Crippen molar-refractivity contribution in [2.45, 2.75) is 56.7 Å². The molecule has 1 spiro atoms. The summed E-state index contributed by atoms with van der Waals surface area (Å²) in [7, 11) is 0. The molecule has 1 aliphatic carbocycles. The zero-order valence-electron chi connectivity index (χ0n) is 23.0. The predicted octanol–water partition coefficient (Wildman–Crippen LogP) is 4.52. The molecule has 0 radical (unpaired) electrons. The molecule has 41 heavy (non-hydrogen) atoms. The molecule has 4 aromatic rings. The lowest BCUT2D eigenvalue weighted by atomic mass is 9.79. The number of pyridine rings is 2. The Hall–Kier alpha value is -4.24. The van der Waals surface area contributed by atoms with Gasteiger partial charge in [-0.2, -0.15) is 0 Å². The minimum atomic E-state index is -1.01. The Balaban J connectivity index is 1.25. The summed E-state index contributed by atoms with van der Waals surface area (Å²) >= 11 is 0. The number of nitrogens with one attached hydrogen (secondary N) is 2. The molecule has 7 rings (SSSR count). The van der Waals surface area contributed by atoms with E-state index in [1.807, 2.05) is 37.3 Å². The zero-order valence-corrected chi connectivity index (χ0v) is 23.0. The van der Waals surface area contributed by atoms with Gasteiger partial charge in [0.15, 0.2) is 0 Å². The van der Waals surface area contributed by atoms with Gasteiger partial charge in [-0.25, -0.2) is 13.8 Å². The molecule has 2 aromatic heterocycles. The van der Waals surface area contributed by atoms with E-state index in [0.29, 0.717) is 36.5 Å². The predicted molar refractivity (Wildman–Crippen MR) is 150 cm³/mol. The molecule has 2 N–H and O–H groups in total. The van der Waals surface area contributed by atoms with Gasteiger partial charge in [-0.05, 0) is 86.7 Å². The largest absolute Gasteiger partial charge is 0.324 e. The summed E-state index contributed by atoms with van der Waals surface area (Å²) in [5.41, 5.74) is 2.36. The Bertz CT molecular complexity index is 1770. The molecule has 0 bridgehead atoms. The van der Waals surface area contributed by atoms with E-state index < -0.39 is 28.1 Å². The van der Waals surface area contributed by atoms with E-state index in [9.17, 15) is 18.4 Å². The van der Waals surface area contributed by atoms with Crippen LogP contribution in [0.5, 0.6) is 0 Å². The molecule has 0 saturated carbocycles. The van der Waals surface area contributed by atoms with Crippen LogP contribution in [-0.2, 0) is 39.9 Å². The highest BCUT2D eigenvalue weighted by Crippen LogP contribution is 2.47. The number of amides is 2. The third-order valence-electron chi connectivity index (χ3n) is 9.10. The number of benzene rings is 2. The Morgan fingerprint density at radius 1 is 0.951 bits per heavy atom. The molecule has 2 aliphatic heterocycles.